The lowest BCUT2D eigenvalue weighted by Crippen LogP contribution is -1.99. The molecule has 0 bridgehead atoms. The molecule has 2 aromatic heterocycles. The second kappa shape index (κ2) is 11.3. The van der Waals surface area contributed by atoms with Gasteiger partial charge in [-0.25, -0.2) is 0 Å². The van der Waals surface area contributed by atoms with Crippen LogP contribution >= 0.6 is 0 Å². The summed E-state index contributed by atoms with van der Waals surface area (Å²) < 4.78 is 5.02. The molecule has 0 aliphatic rings. The maximum Gasteiger partial charge on any atom is 0.0618 e. The number of para-hydroxylation sites is 2. The molecule has 0 radical (unpaired) electrons. The number of aromatic nitrogens is 2. The fraction of sp³-hybridized carbons (Fsp3) is 0. The van der Waals surface area contributed by atoms with E-state index in [1.54, 1.807) is 0 Å². The molecular weight excluding hydrogens is 629 g/mol. The monoisotopic (exact) mass is 660 g/mol. The summed E-state index contributed by atoms with van der Waals surface area (Å²) in [7, 11) is 0. The van der Waals surface area contributed by atoms with Crippen molar-refractivity contribution >= 4 is 65.2 Å². The van der Waals surface area contributed by atoms with Crippen molar-refractivity contribution in [2.75, 3.05) is 0 Å². The van der Waals surface area contributed by atoms with Crippen LogP contribution in [0.15, 0.2) is 194 Å². The lowest BCUT2D eigenvalue weighted by molar-refractivity contribution is 1.18. The third-order valence-electron chi connectivity index (χ3n) is 10.9. The fourth-order valence-electron chi connectivity index (χ4n) is 8.63. The number of nitrogens with zero attached hydrogens (tertiary/aromatic N) is 2. The molecule has 0 aliphatic carbocycles. The van der Waals surface area contributed by atoms with Crippen molar-refractivity contribution in [2.45, 2.75) is 0 Å². The van der Waals surface area contributed by atoms with E-state index in [0.29, 0.717) is 0 Å². The first kappa shape index (κ1) is 28.9. The van der Waals surface area contributed by atoms with Gasteiger partial charge in [-0.05, 0) is 63.7 Å². The van der Waals surface area contributed by atoms with Crippen molar-refractivity contribution in [3.8, 4) is 33.6 Å². The molecular formula is C50H32N2. The Bertz CT molecular complexity index is 3160. The minimum Gasteiger partial charge on any atom is -0.309 e. The number of fused-ring (bicyclic) bond motifs is 9. The quantitative estimate of drug-likeness (QED) is 0.178. The Morgan fingerprint density at radius 2 is 0.769 bits per heavy atom. The first-order valence-corrected chi connectivity index (χ1v) is 17.9. The zero-order chi connectivity index (χ0) is 34.2. The van der Waals surface area contributed by atoms with Crippen molar-refractivity contribution in [1.82, 2.24) is 9.13 Å². The van der Waals surface area contributed by atoms with Gasteiger partial charge in [-0.2, -0.15) is 0 Å². The Kier molecular flexibility index (Phi) is 6.28. The molecule has 52 heavy (non-hydrogen) atoms. The average Bonchev–Trinajstić information content (AvgIpc) is 3.73. The van der Waals surface area contributed by atoms with Crippen LogP contribution in [-0.4, -0.2) is 9.13 Å². The highest BCUT2D eigenvalue weighted by molar-refractivity contribution is 6.29. The van der Waals surface area contributed by atoms with Gasteiger partial charge in [0.2, 0.25) is 0 Å². The summed E-state index contributed by atoms with van der Waals surface area (Å²) in [4.78, 5) is 0. The van der Waals surface area contributed by atoms with Gasteiger partial charge < -0.3 is 9.13 Å². The zero-order valence-electron chi connectivity index (χ0n) is 28.4. The van der Waals surface area contributed by atoms with Crippen LogP contribution in [0.4, 0.5) is 0 Å². The molecule has 0 aliphatic heterocycles. The molecule has 0 spiro atoms. The van der Waals surface area contributed by atoms with E-state index in [1.807, 2.05) is 0 Å². The fourth-order valence-corrected chi connectivity index (χ4v) is 8.63. The third-order valence-corrected chi connectivity index (χ3v) is 10.9. The van der Waals surface area contributed by atoms with Gasteiger partial charge in [0.1, 0.15) is 0 Å². The first-order valence-electron chi connectivity index (χ1n) is 17.9. The van der Waals surface area contributed by atoms with E-state index >= 15 is 0 Å². The molecule has 0 N–H and O–H groups in total. The minimum absolute atomic E-state index is 1.18. The van der Waals surface area contributed by atoms with Gasteiger partial charge in [0.25, 0.3) is 0 Å². The van der Waals surface area contributed by atoms with Crippen LogP contribution < -0.4 is 0 Å². The van der Waals surface area contributed by atoms with Crippen LogP contribution in [0.1, 0.15) is 0 Å². The normalized spacial score (nSPS) is 11.8. The number of hydrogen-bond donors (Lipinski definition) is 0. The third kappa shape index (κ3) is 4.19. The van der Waals surface area contributed by atoms with Gasteiger partial charge in [0.15, 0.2) is 0 Å². The Balaban J connectivity index is 1.31. The van der Waals surface area contributed by atoms with E-state index < -0.39 is 0 Å². The molecule has 0 saturated carbocycles. The highest BCUT2D eigenvalue weighted by atomic mass is 15.0. The van der Waals surface area contributed by atoms with Crippen molar-refractivity contribution in [2.24, 2.45) is 0 Å². The number of rotatable bonds is 4. The molecule has 9 aromatic carbocycles. The first-order chi connectivity index (χ1) is 25.8. The molecule has 0 unspecified atom stereocenters. The average molecular weight is 661 g/mol. The van der Waals surface area contributed by atoms with E-state index in [0.717, 1.165) is 0 Å². The second-order valence-electron chi connectivity index (χ2n) is 13.7. The maximum absolute atomic E-state index is 2.52. The van der Waals surface area contributed by atoms with Gasteiger partial charge in [-0.3, -0.25) is 0 Å². The molecule has 2 nitrogen and oxygen atoms in total. The van der Waals surface area contributed by atoms with Crippen LogP contribution in [0.3, 0.4) is 0 Å². The summed E-state index contributed by atoms with van der Waals surface area (Å²) >= 11 is 0. The van der Waals surface area contributed by atoms with E-state index in [4.69, 9.17) is 0 Å². The summed E-state index contributed by atoms with van der Waals surface area (Å²) in [5.74, 6) is 0. The van der Waals surface area contributed by atoms with Crippen molar-refractivity contribution in [3.05, 3.63) is 194 Å². The van der Waals surface area contributed by atoms with Gasteiger partial charge in [-0.1, -0.05) is 158 Å². The van der Waals surface area contributed by atoms with Gasteiger partial charge in [-0.15, -0.1) is 0 Å². The molecule has 0 fully saturated rings. The molecule has 242 valence electrons. The smallest absolute Gasteiger partial charge is 0.0618 e. The second-order valence-corrected chi connectivity index (χ2v) is 13.7. The predicted molar refractivity (Wildman–Crippen MR) is 221 cm³/mol. The topological polar surface area (TPSA) is 9.86 Å². The summed E-state index contributed by atoms with van der Waals surface area (Å²) in [5.41, 5.74) is 12.0. The van der Waals surface area contributed by atoms with Crippen molar-refractivity contribution in [3.63, 3.8) is 0 Å². The molecule has 2 heterocycles. The van der Waals surface area contributed by atoms with E-state index in [9.17, 15) is 0 Å². The molecule has 2 heteroatoms. The summed E-state index contributed by atoms with van der Waals surface area (Å²) in [5, 5.41) is 9.97. The number of benzene rings is 9. The Labute approximate surface area is 301 Å². The van der Waals surface area contributed by atoms with Crippen LogP contribution in [0, 0.1) is 0 Å². The molecule has 0 amide bonds. The van der Waals surface area contributed by atoms with Crippen LogP contribution in [0.5, 0.6) is 0 Å². The molecule has 11 rings (SSSR count). The Morgan fingerprint density at radius 1 is 0.288 bits per heavy atom. The van der Waals surface area contributed by atoms with Crippen molar-refractivity contribution in [1.29, 1.82) is 0 Å². The summed E-state index contributed by atoms with van der Waals surface area (Å²) in [6, 6.07) is 71.0. The SMILES string of the molecule is c1ccc(-c2cc3ccccc3cc2-n2c3ccccc3c3c4c5ccccc5n(-c5c(-c6ccccc6)ccc6ccccc56)c4ccc32)cc1. The van der Waals surface area contributed by atoms with Gasteiger partial charge >= 0.3 is 0 Å². The highest BCUT2D eigenvalue weighted by Crippen LogP contribution is 2.46. The largest absolute Gasteiger partial charge is 0.309 e. The van der Waals surface area contributed by atoms with Gasteiger partial charge in [0, 0.05) is 38.1 Å². The summed E-state index contributed by atoms with van der Waals surface area (Å²) in [6.45, 7) is 0. The zero-order valence-corrected chi connectivity index (χ0v) is 28.4. The highest BCUT2D eigenvalue weighted by Gasteiger charge is 2.23. The van der Waals surface area contributed by atoms with Crippen LogP contribution in [-0.2, 0) is 0 Å². The molecule has 11 aromatic rings. The van der Waals surface area contributed by atoms with Crippen LogP contribution in [0.2, 0.25) is 0 Å². The Hall–Kier alpha value is -6.90. The van der Waals surface area contributed by atoms with Crippen molar-refractivity contribution < 1.29 is 0 Å². The standard InChI is InChI=1S/C50H32N2/c1-3-15-33(16-4-1)39-28-27-35-19-9-10-22-38(35)50(39)52-44-26-14-12-24-41(44)49-46(52)30-29-45-48(49)40-23-11-13-25-43(40)51(45)47-32-37-21-8-7-20-36(37)31-42(47)34-17-5-2-6-18-34/h1-32H. The predicted octanol–water partition coefficient (Wildman–Crippen LogP) is 13.5. The van der Waals surface area contributed by atoms with E-state index in [-0.39, 0.29) is 0 Å². The Morgan fingerprint density at radius 3 is 1.42 bits per heavy atom. The minimum atomic E-state index is 1.18. The van der Waals surface area contributed by atoms with Crippen LogP contribution in [0.25, 0.3) is 98.8 Å². The molecule has 0 atom stereocenters. The van der Waals surface area contributed by atoms with Gasteiger partial charge in [0.05, 0.1) is 33.4 Å². The van der Waals surface area contributed by atoms with E-state index in [1.165, 1.54) is 98.8 Å². The number of hydrogen-bond acceptors (Lipinski definition) is 0. The lowest BCUT2D eigenvalue weighted by atomic mass is 9.98. The lowest BCUT2D eigenvalue weighted by Gasteiger charge is -2.17. The molecule has 0 saturated heterocycles. The summed E-state index contributed by atoms with van der Waals surface area (Å²) in [6.07, 6.45) is 0. The maximum atomic E-state index is 2.52. The van der Waals surface area contributed by atoms with E-state index in [2.05, 4.69) is 203 Å².